The van der Waals surface area contributed by atoms with Gasteiger partial charge in [-0.1, -0.05) is 48.0 Å². The second-order valence-corrected chi connectivity index (χ2v) is 22.5. The van der Waals surface area contributed by atoms with Crippen LogP contribution >= 0.6 is 11.6 Å². The molecule has 1 aliphatic heterocycles. The summed E-state index contributed by atoms with van der Waals surface area (Å²) < 4.78 is 60.1. The summed E-state index contributed by atoms with van der Waals surface area (Å²) in [6, 6.07) is 27.1. The number of esters is 1. The Bertz CT molecular complexity index is 2420. The molecule has 3 aliphatic carbocycles. The van der Waals surface area contributed by atoms with Crippen molar-refractivity contribution in [3.63, 3.8) is 0 Å². The predicted octanol–water partition coefficient (Wildman–Crippen LogP) is 10.6. The van der Waals surface area contributed by atoms with Crippen LogP contribution in [0.2, 0.25) is 5.02 Å². The van der Waals surface area contributed by atoms with E-state index in [1.165, 1.54) is 16.7 Å². The average molecular weight is 926 g/mol. The summed E-state index contributed by atoms with van der Waals surface area (Å²) in [6.07, 6.45) is 8.67. The lowest BCUT2D eigenvalue weighted by atomic mass is 9.65. The number of aryl methyl sites for hydroxylation is 1. The number of sulfonamides is 1. The van der Waals surface area contributed by atoms with E-state index in [4.69, 9.17) is 35.3 Å². The van der Waals surface area contributed by atoms with Gasteiger partial charge in [0.1, 0.15) is 22.8 Å². The number of nitrogens with zero attached hydrogens (tertiary/aromatic N) is 2. The zero-order chi connectivity index (χ0) is 46.1. The highest BCUT2D eigenvalue weighted by molar-refractivity contribution is 7.89. The van der Waals surface area contributed by atoms with Gasteiger partial charge < -0.3 is 28.6 Å². The summed E-state index contributed by atoms with van der Waals surface area (Å²) in [6.45, 7) is 10.1. The lowest BCUT2D eigenvalue weighted by Gasteiger charge is -2.48. The molecule has 4 aromatic carbocycles. The van der Waals surface area contributed by atoms with Crippen LogP contribution in [0.5, 0.6) is 17.2 Å². The number of allylic oxidation sites excluding steroid dienone is 1. The van der Waals surface area contributed by atoms with Gasteiger partial charge >= 0.3 is 5.97 Å². The third kappa shape index (κ3) is 10.4. The molecule has 10 nitrogen and oxygen atoms in total. The van der Waals surface area contributed by atoms with Crippen LogP contribution in [0.4, 0.5) is 5.69 Å². The molecule has 4 aliphatic rings. The number of benzene rings is 4. The first-order valence-corrected chi connectivity index (χ1v) is 25.0. The molecule has 8 rings (SSSR count). The van der Waals surface area contributed by atoms with Crippen molar-refractivity contribution in [1.82, 2.24) is 4.31 Å². The Morgan fingerprint density at radius 2 is 1.58 bits per heavy atom. The zero-order valence-electron chi connectivity index (χ0n) is 39.0. The van der Waals surface area contributed by atoms with E-state index in [0.29, 0.717) is 30.4 Å². The van der Waals surface area contributed by atoms with Gasteiger partial charge in [0.2, 0.25) is 10.0 Å². The number of ether oxygens (including phenoxy) is 5. The molecule has 6 atom stereocenters. The second kappa shape index (κ2) is 19.4. The van der Waals surface area contributed by atoms with E-state index in [1.807, 2.05) is 100 Å². The first kappa shape index (κ1) is 47.0. The van der Waals surface area contributed by atoms with Crippen molar-refractivity contribution in [3.05, 3.63) is 129 Å². The van der Waals surface area contributed by atoms with Crippen molar-refractivity contribution >= 4 is 33.3 Å². The van der Waals surface area contributed by atoms with E-state index in [1.54, 1.807) is 25.6 Å². The van der Waals surface area contributed by atoms with Gasteiger partial charge in [-0.3, -0.25) is 0 Å². The van der Waals surface area contributed by atoms with Crippen LogP contribution in [0.3, 0.4) is 0 Å². The Hall–Kier alpha value is -4.55. The van der Waals surface area contributed by atoms with Crippen LogP contribution < -0.4 is 19.1 Å². The number of carbonyl (C=O) groups excluding carboxylic acids is 1. The minimum atomic E-state index is -3.70. The van der Waals surface area contributed by atoms with Crippen molar-refractivity contribution in [2.75, 3.05) is 45.9 Å². The summed E-state index contributed by atoms with van der Waals surface area (Å²) >= 11 is 6.53. The molecular weight excluding hydrogens is 860 g/mol. The van der Waals surface area contributed by atoms with Gasteiger partial charge in [-0.05, 0) is 173 Å². The first-order chi connectivity index (χ1) is 31.1. The molecule has 0 radical (unpaired) electrons. The topological polar surface area (TPSA) is 104 Å². The van der Waals surface area contributed by atoms with Crippen LogP contribution in [-0.2, 0) is 44.4 Å². The highest BCUT2D eigenvalue weighted by atomic mass is 35.5. The molecule has 65 heavy (non-hydrogen) atoms. The maximum absolute atomic E-state index is 14.4. The van der Waals surface area contributed by atoms with E-state index in [-0.39, 0.29) is 36.5 Å². The van der Waals surface area contributed by atoms with Crippen molar-refractivity contribution in [2.45, 2.75) is 108 Å². The molecule has 1 saturated carbocycles. The third-order valence-corrected chi connectivity index (χ3v) is 16.5. The molecule has 348 valence electrons. The van der Waals surface area contributed by atoms with Gasteiger partial charge in [0.25, 0.3) is 0 Å². The van der Waals surface area contributed by atoms with E-state index < -0.39 is 20.9 Å². The molecule has 0 aromatic heterocycles. The lowest BCUT2D eigenvalue weighted by Crippen LogP contribution is -2.50. The highest BCUT2D eigenvalue weighted by Crippen LogP contribution is 2.49. The zero-order valence-corrected chi connectivity index (χ0v) is 40.6. The third-order valence-electron chi connectivity index (χ3n) is 14.1. The van der Waals surface area contributed by atoms with Crippen molar-refractivity contribution in [1.29, 1.82) is 0 Å². The smallest absolute Gasteiger partial charge is 0.338 e. The fourth-order valence-corrected chi connectivity index (χ4v) is 12.4. The Morgan fingerprint density at radius 1 is 0.923 bits per heavy atom. The lowest BCUT2D eigenvalue weighted by molar-refractivity contribution is 0.000410. The van der Waals surface area contributed by atoms with E-state index in [9.17, 15) is 13.2 Å². The Kier molecular flexibility index (Phi) is 14.0. The van der Waals surface area contributed by atoms with Crippen LogP contribution in [0.25, 0.3) is 0 Å². The molecule has 1 heterocycles. The SMILES string of the molecule is COc1ccc(CN(Cc2ccc(OC)cc2)S(=O)(=O)C(C)CC2C=C([C@@H](OC)[C@@H]3CC[C@H]3CN3C[C@@]4(CCCc5cc(Cl)ccc54)COc4ccc(C(=O)OC(C)(C)C)cc43)C2)cc1. The summed E-state index contributed by atoms with van der Waals surface area (Å²) in [4.78, 5) is 15.9. The minimum Gasteiger partial charge on any atom is -0.497 e. The standard InChI is InChI=1S/C53H65ClN2O8S/c1-35(65(58,59)56(30-36-10-17-44(60-5)18-11-36)31-37-12-19-45(61-6)20-13-37)25-38-26-42(27-38)50(62-7)46-21-14-41(46)32-55-33-53(24-8-9-39-28-43(54)16-22-47(39)53)34-63-49-23-15-40(29-48(49)55)51(57)64-52(2,3)4/h10-13,15-20,22-23,26,28-29,35,38,41,46,50H,8-9,14,21,24-25,27,30-34H2,1-7H3/t35?,38?,41-,46+,50+,53-/m0/s1. The number of hydrogen-bond donors (Lipinski definition) is 0. The van der Waals surface area contributed by atoms with E-state index in [2.05, 4.69) is 23.1 Å². The molecule has 12 heteroatoms. The summed E-state index contributed by atoms with van der Waals surface area (Å²) in [5.74, 6) is 2.64. The molecule has 4 aromatic rings. The van der Waals surface area contributed by atoms with Crippen LogP contribution in [-0.4, -0.2) is 76.7 Å². The largest absolute Gasteiger partial charge is 0.497 e. The molecule has 1 fully saturated rings. The number of carbonyl (C=O) groups is 1. The second-order valence-electron chi connectivity index (χ2n) is 19.7. The molecular formula is C53H65ClN2O8S. The van der Waals surface area contributed by atoms with Crippen molar-refractivity contribution < 1.29 is 36.9 Å². The van der Waals surface area contributed by atoms with Gasteiger partial charge in [-0.25, -0.2) is 13.2 Å². The summed E-state index contributed by atoms with van der Waals surface area (Å²) in [5.41, 5.74) is 6.17. The van der Waals surface area contributed by atoms with Crippen LogP contribution in [0, 0.1) is 17.8 Å². The molecule has 1 spiro atoms. The van der Waals surface area contributed by atoms with Gasteiger partial charge in [-0.15, -0.1) is 0 Å². The number of rotatable bonds is 16. The van der Waals surface area contributed by atoms with Gasteiger partial charge in [0, 0.05) is 43.7 Å². The van der Waals surface area contributed by atoms with Gasteiger partial charge in [-0.2, -0.15) is 4.31 Å². The number of methoxy groups -OCH3 is 3. The van der Waals surface area contributed by atoms with Crippen LogP contribution in [0.15, 0.2) is 96.6 Å². The molecule has 0 N–H and O–H groups in total. The monoisotopic (exact) mass is 924 g/mol. The minimum absolute atomic E-state index is 0.0548. The molecule has 0 amide bonds. The van der Waals surface area contributed by atoms with Crippen LogP contribution in [0.1, 0.15) is 98.8 Å². The fraction of sp³-hybridized carbons (Fsp3) is 0.491. The maximum Gasteiger partial charge on any atom is 0.338 e. The van der Waals surface area contributed by atoms with Gasteiger partial charge in [0.05, 0.1) is 43.4 Å². The Labute approximate surface area is 391 Å². The maximum atomic E-state index is 14.4. The van der Waals surface area contributed by atoms with Crippen molar-refractivity contribution in [2.24, 2.45) is 17.8 Å². The molecule has 0 saturated heterocycles. The molecule has 0 bridgehead atoms. The fourth-order valence-electron chi connectivity index (χ4n) is 10.5. The molecule has 2 unspecified atom stereocenters. The van der Waals surface area contributed by atoms with E-state index >= 15 is 0 Å². The van der Waals surface area contributed by atoms with E-state index in [0.717, 1.165) is 90.7 Å². The number of hydrogen-bond acceptors (Lipinski definition) is 9. The van der Waals surface area contributed by atoms with Gasteiger partial charge in [0.15, 0.2) is 0 Å². The number of anilines is 1. The normalized spacial score (nSPS) is 22.6. The predicted molar refractivity (Wildman–Crippen MR) is 257 cm³/mol. The Morgan fingerprint density at radius 3 is 2.17 bits per heavy atom. The highest BCUT2D eigenvalue weighted by Gasteiger charge is 2.46. The Balaban J connectivity index is 0.991. The van der Waals surface area contributed by atoms with Crippen molar-refractivity contribution in [3.8, 4) is 17.2 Å². The first-order valence-electron chi connectivity index (χ1n) is 23.1. The quantitative estimate of drug-likeness (QED) is 0.0803. The number of halogens is 1. The number of fused-ring (bicyclic) bond motifs is 3. The summed E-state index contributed by atoms with van der Waals surface area (Å²) in [5, 5.41) is 0.156. The summed E-state index contributed by atoms with van der Waals surface area (Å²) in [7, 11) is 1.35. The average Bonchev–Trinajstić information content (AvgIpc) is 3.41.